The molecule has 1 heterocycles. The lowest BCUT2D eigenvalue weighted by molar-refractivity contribution is -0.174. The van der Waals surface area contributed by atoms with Crippen LogP contribution in [0.4, 0.5) is 13.2 Å². The van der Waals surface area contributed by atoms with E-state index in [-0.39, 0.29) is 25.2 Å². The number of benzene rings is 2. The molecule has 3 amide bonds. The zero-order chi connectivity index (χ0) is 28.8. The largest absolute Gasteiger partial charge is 0.497 e. The molecule has 0 saturated carbocycles. The molecule has 12 heteroatoms. The maximum Gasteiger partial charge on any atom is 0.471 e. The van der Waals surface area contributed by atoms with Crippen LogP contribution in [0.3, 0.4) is 0 Å². The van der Waals surface area contributed by atoms with E-state index in [9.17, 15) is 32.3 Å². The molecule has 0 aromatic heterocycles. The van der Waals surface area contributed by atoms with Crippen molar-refractivity contribution in [3.05, 3.63) is 65.7 Å². The summed E-state index contributed by atoms with van der Waals surface area (Å²) in [4.78, 5) is 50.6. The van der Waals surface area contributed by atoms with Crippen molar-refractivity contribution in [2.24, 2.45) is 0 Å². The molecule has 0 spiro atoms. The van der Waals surface area contributed by atoms with Gasteiger partial charge in [0.2, 0.25) is 11.8 Å². The number of rotatable bonds is 12. The number of halogens is 3. The van der Waals surface area contributed by atoms with E-state index in [1.165, 1.54) is 7.11 Å². The Labute approximate surface area is 223 Å². The Balaban J connectivity index is 1.81. The summed E-state index contributed by atoms with van der Waals surface area (Å²) < 4.78 is 48.4. The zero-order valence-electron chi connectivity index (χ0n) is 21.6. The van der Waals surface area contributed by atoms with E-state index in [4.69, 9.17) is 9.47 Å². The van der Waals surface area contributed by atoms with Crippen molar-refractivity contribution in [3.8, 4) is 5.75 Å². The fourth-order valence-electron chi connectivity index (χ4n) is 3.80. The molecule has 1 saturated heterocycles. The molecule has 0 aliphatic carbocycles. The van der Waals surface area contributed by atoms with Crippen LogP contribution in [0.25, 0.3) is 0 Å². The molecule has 1 aliphatic heterocycles. The molecule has 2 aromatic carbocycles. The van der Waals surface area contributed by atoms with Crippen LogP contribution < -0.4 is 20.7 Å². The minimum absolute atomic E-state index is 0.0540. The summed E-state index contributed by atoms with van der Waals surface area (Å²) in [6.45, 7) is 2.88. The molecule has 1 aliphatic rings. The van der Waals surface area contributed by atoms with Crippen molar-refractivity contribution in [2.45, 2.75) is 56.6 Å². The highest BCUT2D eigenvalue weighted by Gasteiger charge is 2.50. The predicted molar refractivity (Wildman–Crippen MR) is 134 cm³/mol. The molecular weight excluding hydrogens is 519 g/mol. The van der Waals surface area contributed by atoms with Gasteiger partial charge in [-0.1, -0.05) is 42.5 Å². The first-order valence-corrected chi connectivity index (χ1v) is 12.2. The third kappa shape index (κ3) is 8.28. The summed E-state index contributed by atoms with van der Waals surface area (Å²) in [6, 6.07) is 11.7. The van der Waals surface area contributed by atoms with Gasteiger partial charge in [0.1, 0.15) is 23.4 Å². The monoisotopic (exact) mass is 549 g/mol. The van der Waals surface area contributed by atoms with Crippen molar-refractivity contribution >= 4 is 23.5 Å². The Morgan fingerprint density at radius 3 is 1.97 bits per heavy atom. The number of hydrogen-bond donors (Lipinski definition) is 3. The van der Waals surface area contributed by atoms with E-state index in [0.29, 0.717) is 11.3 Å². The molecule has 39 heavy (non-hydrogen) atoms. The van der Waals surface area contributed by atoms with E-state index < -0.39 is 47.6 Å². The van der Waals surface area contributed by atoms with Crippen LogP contribution in [-0.2, 0) is 36.8 Å². The fraction of sp³-hybridized carbons (Fsp3) is 0.407. The highest BCUT2D eigenvalue weighted by Crippen LogP contribution is 2.29. The Bertz CT molecular complexity index is 1180. The smallest absolute Gasteiger partial charge is 0.471 e. The van der Waals surface area contributed by atoms with Gasteiger partial charge in [0.15, 0.2) is 5.78 Å². The number of Topliss-reactive ketones (excluding diaryl/α,β-unsaturated/α-hetero) is 1. The molecule has 2 aromatic rings. The maximum absolute atomic E-state index is 13.5. The van der Waals surface area contributed by atoms with Crippen LogP contribution in [-0.4, -0.2) is 67.1 Å². The van der Waals surface area contributed by atoms with Crippen LogP contribution in [0.2, 0.25) is 0 Å². The minimum Gasteiger partial charge on any atom is -0.497 e. The second-order valence-corrected chi connectivity index (χ2v) is 9.44. The highest BCUT2D eigenvalue weighted by molar-refractivity contribution is 5.98. The Morgan fingerprint density at radius 2 is 1.44 bits per heavy atom. The lowest BCUT2D eigenvalue weighted by Crippen LogP contribution is -2.57. The topological polar surface area (TPSA) is 126 Å². The molecule has 4 unspecified atom stereocenters. The summed E-state index contributed by atoms with van der Waals surface area (Å²) >= 11 is 0. The van der Waals surface area contributed by atoms with Gasteiger partial charge >= 0.3 is 12.1 Å². The third-order valence-corrected chi connectivity index (χ3v) is 6.24. The summed E-state index contributed by atoms with van der Waals surface area (Å²) in [5.74, 6) is -3.82. The van der Waals surface area contributed by atoms with E-state index >= 15 is 0 Å². The number of ether oxygens (including phenoxy) is 2. The van der Waals surface area contributed by atoms with E-state index in [1.807, 2.05) is 6.07 Å². The van der Waals surface area contributed by atoms with Crippen molar-refractivity contribution in [2.75, 3.05) is 13.7 Å². The first-order valence-electron chi connectivity index (χ1n) is 12.2. The summed E-state index contributed by atoms with van der Waals surface area (Å²) in [5.41, 5.74) is 0.337. The average molecular weight is 550 g/mol. The van der Waals surface area contributed by atoms with Crippen LogP contribution in [0.1, 0.15) is 25.0 Å². The summed E-state index contributed by atoms with van der Waals surface area (Å²) in [7, 11) is 1.48. The van der Waals surface area contributed by atoms with Crippen molar-refractivity contribution in [1.29, 1.82) is 0 Å². The second kappa shape index (κ2) is 12.3. The molecule has 210 valence electrons. The minimum atomic E-state index is -5.18. The van der Waals surface area contributed by atoms with Crippen molar-refractivity contribution < 1.29 is 41.8 Å². The number of carbonyl (C=O) groups excluding carboxylic acids is 4. The standard InChI is InChI=1S/C27H30F3N3O6/c1-16(31-25(37)27(28,29)30)23(35)33-21(14-18-9-11-19(38-3)12-10-18)24(36)32-20(22(34)26(2)15-39-26)13-17-7-5-4-6-8-17/h4-12,16,20-21H,13-15H2,1-3H3,(H,31,37)(H,32,36)(H,33,35). The average Bonchev–Trinajstić information content (AvgIpc) is 3.66. The van der Waals surface area contributed by atoms with Crippen LogP contribution in [0, 0.1) is 0 Å². The summed E-state index contributed by atoms with van der Waals surface area (Å²) in [6.07, 6.45) is -5.08. The van der Waals surface area contributed by atoms with Gasteiger partial charge in [-0.3, -0.25) is 19.2 Å². The van der Waals surface area contributed by atoms with Gasteiger partial charge in [-0.2, -0.15) is 13.2 Å². The SMILES string of the molecule is COc1ccc(CC(NC(=O)C(C)NC(=O)C(F)(F)F)C(=O)NC(Cc2ccccc2)C(=O)C2(C)CO2)cc1. The van der Waals surface area contributed by atoms with Gasteiger partial charge in [0.25, 0.3) is 0 Å². The molecule has 0 bridgehead atoms. The molecular formula is C27H30F3N3O6. The third-order valence-electron chi connectivity index (χ3n) is 6.24. The highest BCUT2D eigenvalue weighted by atomic mass is 19.4. The van der Waals surface area contributed by atoms with E-state index in [0.717, 1.165) is 12.5 Å². The first-order chi connectivity index (χ1) is 18.3. The van der Waals surface area contributed by atoms with Crippen LogP contribution in [0.15, 0.2) is 54.6 Å². The Kier molecular flexibility index (Phi) is 9.33. The van der Waals surface area contributed by atoms with Gasteiger partial charge in [-0.25, -0.2) is 0 Å². The molecule has 9 nitrogen and oxygen atoms in total. The number of epoxide rings is 1. The second-order valence-electron chi connectivity index (χ2n) is 9.44. The quantitative estimate of drug-likeness (QED) is 0.347. The Hall–Kier alpha value is -3.93. The maximum atomic E-state index is 13.5. The molecule has 3 N–H and O–H groups in total. The first kappa shape index (κ1) is 29.6. The molecule has 0 radical (unpaired) electrons. The van der Waals surface area contributed by atoms with Gasteiger partial charge in [0, 0.05) is 6.42 Å². The predicted octanol–water partition coefficient (Wildman–Crippen LogP) is 1.87. The van der Waals surface area contributed by atoms with Crippen molar-refractivity contribution in [3.63, 3.8) is 0 Å². The summed E-state index contributed by atoms with van der Waals surface area (Å²) in [5, 5.41) is 6.66. The van der Waals surface area contributed by atoms with Gasteiger partial charge in [-0.15, -0.1) is 0 Å². The van der Waals surface area contributed by atoms with E-state index in [2.05, 4.69) is 10.6 Å². The number of nitrogens with one attached hydrogen (secondary N) is 3. The zero-order valence-corrected chi connectivity index (χ0v) is 21.6. The number of alkyl halides is 3. The van der Waals surface area contributed by atoms with Gasteiger partial charge in [0.05, 0.1) is 19.8 Å². The van der Waals surface area contributed by atoms with Crippen LogP contribution >= 0.6 is 0 Å². The molecule has 3 rings (SSSR count). The lowest BCUT2D eigenvalue weighted by Gasteiger charge is -2.25. The Morgan fingerprint density at radius 1 is 0.897 bits per heavy atom. The number of ketones is 1. The molecule has 4 atom stereocenters. The number of carbonyl (C=O) groups is 4. The number of hydrogen-bond acceptors (Lipinski definition) is 6. The van der Waals surface area contributed by atoms with Gasteiger partial charge < -0.3 is 25.4 Å². The molecule has 1 fully saturated rings. The fourth-order valence-corrected chi connectivity index (χ4v) is 3.80. The normalized spacial score (nSPS) is 18.7. The number of amides is 3. The van der Waals surface area contributed by atoms with E-state index in [1.54, 1.807) is 60.8 Å². The van der Waals surface area contributed by atoms with Crippen molar-refractivity contribution in [1.82, 2.24) is 16.0 Å². The van der Waals surface area contributed by atoms with Gasteiger partial charge in [-0.05, 0) is 43.5 Å². The lowest BCUT2D eigenvalue weighted by atomic mass is 9.94. The number of methoxy groups -OCH3 is 1. The van der Waals surface area contributed by atoms with Crippen LogP contribution in [0.5, 0.6) is 5.75 Å².